The van der Waals surface area contributed by atoms with Crippen molar-refractivity contribution in [2.24, 2.45) is 0 Å². The van der Waals surface area contributed by atoms with Crippen LogP contribution in [0.2, 0.25) is 5.02 Å². The molecule has 90 valence electrons. The zero-order valence-corrected chi connectivity index (χ0v) is 11.0. The average molecular weight is 243 g/mol. The third kappa shape index (κ3) is 2.69. The molecule has 0 aromatic heterocycles. The van der Waals surface area contributed by atoms with Gasteiger partial charge in [-0.05, 0) is 23.1 Å². The number of aliphatic hydroxyl groups is 1. The first kappa shape index (κ1) is 13.3. The highest BCUT2D eigenvalue weighted by atomic mass is 35.5. The van der Waals surface area contributed by atoms with Gasteiger partial charge in [0.05, 0.1) is 12.1 Å². The number of hydrogen-bond donors (Lipinski definition) is 1. The summed E-state index contributed by atoms with van der Waals surface area (Å²) < 4.78 is 5.31. The summed E-state index contributed by atoms with van der Waals surface area (Å²) in [5, 5.41) is 9.78. The van der Waals surface area contributed by atoms with Crippen molar-refractivity contribution < 1.29 is 9.84 Å². The highest BCUT2D eigenvalue weighted by molar-refractivity contribution is 6.32. The van der Waals surface area contributed by atoms with Crippen LogP contribution in [0, 0.1) is 0 Å². The van der Waals surface area contributed by atoms with Gasteiger partial charge in [0.25, 0.3) is 0 Å². The molecule has 2 nitrogen and oxygen atoms in total. The van der Waals surface area contributed by atoms with Crippen molar-refractivity contribution in [1.82, 2.24) is 0 Å². The lowest BCUT2D eigenvalue weighted by molar-refractivity contribution is 0.273. The molecule has 0 aliphatic carbocycles. The van der Waals surface area contributed by atoms with Crippen molar-refractivity contribution in [3.63, 3.8) is 0 Å². The summed E-state index contributed by atoms with van der Waals surface area (Å²) >= 11 is 6.17. The first-order valence-electron chi connectivity index (χ1n) is 5.49. The van der Waals surface area contributed by atoms with Crippen LogP contribution >= 0.6 is 11.6 Å². The Hall–Kier alpha value is -0.730. The standard InChI is InChI=1S/C13H19ClO2/c1-8(2)11-5-10(9(3)7-15)6-12(14)13(11)16-4/h5-6,8-9,15H,7H2,1-4H3. The van der Waals surface area contributed by atoms with Gasteiger partial charge in [-0.25, -0.2) is 0 Å². The molecule has 3 heteroatoms. The van der Waals surface area contributed by atoms with Crippen LogP contribution in [0.1, 0.15) is 43.7 Å². The molecule has 0 aliphatic rings. The molecule has 0 fully saturated rings. The Kier molecular flexibility index (Phi) is 4.63. The number of halogens is 1. The van der Waals surface area contributed by atoms with Gasteiger partial charge in [-0.1, -0.05) is 38.4 Å². The minimum atomic E-state index is 0.0981. The minimum absolute atomic E-state index is 0.0981. The maximum absolute atomic E-state index is 9.16. The summed E-state index contributed by atoms with van der Waals surface area (Å²) in [4.78, 5) is 0. The molecule has 1 aromatic carbocycles. The van der Waals surface area contributed by atoms with Gasteiger partial charge < -0.3 is 9.84 Å². The number of methoxy groups -OCH3 is 1. The normalized spacial score (nSPS) is 12.9. The zero-order valence-electron chi connectivity index (χ0n) is 10.2. The summed E-state index contributed by atoms with van der Waals surface area (Å²) in [5.41, 5.74) is 2.14. The van der Waals surface area contributed by atoms with E-state index in [2.05, 4.69) is 19.9 Å². The maximum atomic E-state index is 9.16. The summed E-state index contributed by atoms with van der Waals surface area (Å²) in [6, 6.07) is 3.93. The summed E-state index contributed by atoms with van der Waals surface area (Å²) in [5.74, 6) is 1.18. The highest BCUT2D eigenvalue weighted by Crippen LogP contribution is 2.36. The van der Waals surface area contributed by atoms with E-state index in [-0.39, 0.29) is 12.5 Å². The second-order valence-electron chi connectivity index (χ2n) is 4.36. The molecule has 1 rings (SSSR count). The van der Waals surface area contributed by atoms with E-state index in [0.29, 0.717) is 10.9 Å². The SMILES string of the molecule is COc1c(Cl)cc(C(C)CO)cc1C(C)C. The van der Waals surface area contributed by atoms with E-state index in [0.717, 1.165) is 16.9 Å². The molecular weight excluding hydrogens is 224 g/mol. The highest BCUT2D eigenvalue weighted by Gasteiger charge is 2.15. The molecule has 16 heavy (non-hydrogen) atoms. The fourth-order valence-corrected chi connectivity index (χ4v) is 1.98. The van der Waals surface area contributed by atoms with Crippen LogP contribution in [-0.4, -0.2) is 18.8 Å². The third-order valence-corrected chi connectivity index (χ3v) is 3.04. The van der Waals surface area contributed by atoms with Gasteiger partial charge in [0.1, 0.15) is 5.75 Å². The fraction of sp³-hybridized carbons (Fsp3) is 0.538. The molecule has 1 aromatic rings. The molecule has 0 aliphatic heterocycles. The van der Waals surface area contributed by atoms with E-state index in [4.69, 9.17) is 21.4 Å². The predicted octanol–water partition coefficient (Wildman–Crippen LogP) is 3.57. The minimum Gasteiger partial charge on any atom is -0.495 e. The molecule has 0 saturated heterocycles. The van der Waals surface area contributed by atoms with Crippen LogP contribution < -0.4 is 4.74 Å². The summed E-state index contributed by atoms with van der Waals surface area (Å²) in [6.07, 6.45) is 0. The molecule has 0 bridgehead atoms. The van der Waals surface area contributed by atoms with Crippen LogP contribution in [-0.2, 0) is 0 Å². The molecule has 1 N–H and O–H groups in total. The maximum Gasteiger partial charge on any atom is 0.140 e. The first-order chi connectivity index (χ1) is 7.51. The quantitative estimate of drug-likeness (QED) is 0.875. The number of rotatable bonds is 4. The van der Waals surface area contributed by atoms with Crippen molar-refractivity contribution in [3.8, 4) is 5.75 Å². The van der Waals surface area contributed by atoms with E-state index in [1.807, 2.05) is 13.0 Å². The number of aliphatic hydroxyl groups excluding tert-OH is 1. The van der Waals surface area contributed by atoms with E-state index < -0.39 is 0 Å². The van der Waals surface area contributed by atoms with Gasteiger partial charge in [-0.3, -0.25) is 0 Å². The Morgan fingerprint density at radius 2 is 1.94 bits per heavy atom. The number of ether oxygens (including phenoxy) is 1. The Morgan fingerprint density at radius 3 is 2.38 bits per heavy atom. The van der Waals surface area contributed by atoms with Gasteiger partial charge in [0.2, 0.25) is 0 Å². The van der Waals surface area contributed by atoms with Gasteiger partial charge in [-0.15, -0.1) is 0 Å². The van der Waals surface area contributed by atoms with Crippen molar-refractivity contribution in [2.75, 3.05) is 13.7 Å². The second-order valence-corrected chi connectivity index (χ2v) is 4.77. The smallest absolute Gasteiger partial charge is 0.140 e. The van der Waals surface area contributed by atoms with Gasteiger partial charge in [-0.2, -0.15) is 0 Å². The van der Waals surface area contributed by atoms with Gasteiger partial charge in [0, 0.05) is 12.5 Å². The van der Waals surface area contributed by atoms with Crippen LogP contribution in [0.3, 0.4) is 0 Å². The molecule has 0 saturated carbocycles. The molecule has 0 radical (unpaired) electrons. The topological polar surface area (TPSA) is 29.5 Å². The zero-order chi connectivity index (χ0) is 12.3. The van der Waals surface area contributed by atoms with Gasteiger partial charge >= 0.3 is 0 Å². The lowest BCUT2D eigenvalue weighted by Gasteiger charge is -2.17. The lowest BCUT2D eigenvalue weighted by Crippen LogP contribution is -2.03. The van der Waals surface area contributed by atoms with E-state index in [9.17, 15) is 0 Å². The second kappa shape index (κ2) is 5.55. The Labute approximate surface area is 102 Å². The largest absolute Gasteiger partial charge is 0.495 e. The van der Waals surface area contributed by atoms with Crippen LogP contribution in [0.15, 0.2) is 12.1 Å². The predicted molar refractivity (Wildman–Crippen MR) is 67.6 cm³/mol. The molecule has 1 atom stereocenters. The average Bonchev–Trinajstić information content (AvgIpc) is 2.26. The van der Waals surface area contributed by atoms with E-state index in [1.165, 1.54) is 0 Å². The van der Waals surface area contributed by atoms with Crippen LogP contribution in [0.25, 0.3) is 0 Å². The van der Waals surface area contributed by atoms with Crippen LogP contribution in [0.5, 0.6) is 5.75 Å². The Bertz CT molecular complexity index is 361. The van der Waals surface area contributed by atoms with Crippen molar-refractivity contribution in [1.29, 1.82) is 0 Å². The first-order valence-corrected chi connectivity index (χ1v) is 5.87. The lowest BCUT2D eigenvalue weighted by atomic mass is 9.94. The summed E-state index contributed by atoms with van der Waals surface area (Å²) in [6.45, 7) is 6.30. The molecular formula is C13H19ClO2. The summed E-state index contributed by atoms with van der Waals surface area (Å²) in [7, 11) is 1.63. The van der Waals surface area contributed by atoms with Gasteiger partial charge in [0.15, 0.2) is 0 Å². The molecule has 0 spiro atoms. The monoisotopic (exact) mass is 242 g/mol. The fourth-order valence-electron chi connectivity index (χ4n) is 1.67. The van der Waals surface area contributed by atoms with Crippen molar-refractivity contribution in [2.45, 2.75) is 32.6 Å². The Morgan fingerprint density at radius 1 is 1.31 bits per heavy atom. The van der Waals surface area contributed by atoms with Crippen molar-refractivity contribution in [3.05, 3.63) is 28.3 Å². The molecule has 0 amide bonds. The van der Waals surface area contributed by atoms with E-state index >= 15 is 0 Å². The van der Waals surface area contributed by atoms with Crippen molar-refractivity contribution >= 4 is 11.6 Å². The van der Waals surface area contributed by atoms with E-state index in [1.54, 1.807) is 7.11 Å². The molecule has 1 unspecified atom stereocenters. The Balaban J connectivity index is 3.28. The third-order valence-electron chi connectivity index (χ3n) is 2.76. The molecule has 0 heterocycles. The number of benzene rings is 1. The number of hydrogen-bond acceptors (Lipinski definition) is 2. The van der Waals surface area contributed by atoms with Crippen LogP contribution in [0.4, 0.5) is 0 Å².